The van der Waals surface area contributed by atoms with E-state index in [2.05, 4.69) is 62.8 Å². The summed E-state index contributed by atoms with van der Waals surface area (Å²) < 4.78 is 6.35. The number of piperidine rings is 1. The van der Waals surface area contributed by atoms with Crippen molar-refractivity contribution in [2.75, 3.05) is 18.4 Å². The SMILES string of the molecule is CC(C)SC1CCN(C2CCC(Nc3ncc4oc(C#N)cc4c3Br)CC2)CC1. The monoisotopic (exact) mass is 476 g/mol. The summed E-state index contributed by atoms with van der Waals surface area (Å²) in [7, 11) is 0. The Labute approximate surface area is 185 Å². The molecule has 156 valence electrons. The Morgan fingerprint density at radius 1 is 1.24 bits per heavy atom. The lowest BCUT2D eigenvalue weighted by atomic mass is 9.89. The first-order chi connectivity index (χ1) is 14.0. The molecule has 4 rings (SSSR count). The summed E-state index contributed by atoms with van der Waals surface area (Å²) in [4.78, 5) is 7.25. The van der Waals surface area contributed by atoms with E-state index >= 15 is 0 Å². The maximum atomic E-state index is 9.04. The van der Waals surface area contributed by atoms with Crippen LogP contribution in [-0.4, -0.2) is 45.6 Å². The lowest BCUT2D eigenvalue weighted by Crippen LogP contribution is -2.45. The minimum Gasteiger partial charge on any atom is -0.444 e. The van der Waals surface area contributed by atoms with E-state index in [1.807, 2.05) is 0 Å². The van der Waals surface area contributed by atoms with Gasteiger partial charge in [0.15, 0.2) is 5.58 Å². The van der Waals surface area contributed by atoms with Crippen LogP contribution in [0.15, 0.2) is 21.2 Å². The number of aromatic nitrogens is 1. The third kappa shape index (κ3) is 4.92. The Hall–Kier alpha value is -1.23. The van der Waals surface area contributed by atoms with Crippen molar-refractivity contribution < 1.29 is 4.42 Å². The summed E-state index contributed by atoms with van der Waals surface area (Å²) in [6, 6.07) is 5.01. The Balaban J connectivity index is 1.30. The lowest BCUT2D eigenvalue weighted by Gasteiger charge is -2.41. The zero-order valence-electron chi connectivity index (χ0n) is 17.2. The number of nitrogens with one attached hydrogen (secondary N) is 1. The van der Waals surface area contributed by atoms with Crippen LogP contribution in [-0.2, 0) is 0 Å². The highest BCUT2D eigenvalue weighted by Gasteiger charge is 2.29. The van der Waals surface area contributed by atoms with Crippen molar-refractivity contribution in [2.45, 2.75) is 75.0 Å². The molecule has 0 unspecified atom stereocenters. The van der Waals surface area contributed by atoms with Gasteiger partial charge in [-0.15, -0.1) is 0 Å². The number of halogens is 1. The number of likely N-dealkylation sites (tertiary alicyclic amines) is 1. The number of rotatable bonds is 5. The molecule has 2 fully saturated rings. The van der Waals surface area contributed by atoms with E-state index in [-0.39, 0.29) is 0 Å². The van der Waals surface area contributed by atoms with E-state index in [4.69, 9.17) is 9.68 Å². The van der Waals surface area contributed by atoms with E-state index in [0.717, 1.165) is 32.2 Å². The fourth-order valence-corrected chi connectivity index (χ4v) is 6.46. The van der Waals surface area contributed by atoms with E-state index in [1.54, 1.807) is 12.3 Å². The zero-order chi connectivity index (χ0) is 20.4. The number of anilines is 1. The van der Waals surface area contributed by atoms with Crippen molar-refractivity contribution in [3.63, 3.8) is 0 Å². The quantitative estimate of drug-likeness (QED) is 0.588. The molecule has 2 aliphatic rings. The standard InChI is InChI=1S/C22H29BrN4OS/c1-14(2)29-18-7-9-27(10-8-18)16-5-3-15(4-6-16)26-22-21(23)19-11-17(12-24)28-20(19)13-25-22/h11,13-16,18H,3-10H2,1-2H3,(H,25,26). The molecule has 1 N–H and O–H groups in total. The molecule has 0 radical (unpaired) electrons. The zero-order valence-corrected chi connectivity index (χ0v) is 19.6. The topological polar surface area (TPSA) is 65.1 Å². The van der Waals surface area contributed by atoms with Crippen LogP contribution in [0, 0.1) is 11.3 Å². The fraction of sp³-hybridized carbons (Fsp3) is 0.636. The van der Waals surface area contributed by atoms with E-state index in [1.165, 1.54) is 51.6 Å². The molecule has 0 aromatic carbocycles. The molecule has 0 spiro atoms. The average Bonchev–Trinajstić information content (AvgIpc) is 3.15. The van der Waals surface area contributed by atoms with Crippen LogP contribution in [0.3, 0.4) is 0 Å². The summed E-state index contributed by atoms with van der Waals surface area (Å²) in [6.45, 7) is 7.15. The molecule has 1 aliphatic carbocycles. The highest BCUT2D eigenvalue weighted by Crippen LogP contribution is 2.35. The van der Waals surface area contributed by atoms with Crippen LogP contribution in [0.4, 0.5) is 5.82 Å². The maximum absolute atomic E-state index is 9.04. The van der Waals surface area contributed by atoms with Crippen molar-refractivity contribution in [1.29, 1.82) is 5.26 Å². The second-order valence-corrected chi connectivity index (χ2v) is 11.2. The van der Waals surface area contributed by atoms with Gasteiger partial charge in [-0.3, -0.25) is 0 Å². The van der Waals surface area contributed by atoms with Gasteiger partial charge in [0.2, 0.25) is 5.76 Å². The number of pyridine rings is 1. The van der Waals surface area contributed by atoms with Gasteiger partial charge in [-0.1, -0.05) is 13.8 Å². The van der Waals surface area contributed by atoms with Gasteiger partial charge in [-0.05, 0) is 72.8 Å². The minimum absolute atomic E-state index is 0.315. The van der Waals surface area contributed by atoms with Gasteiger partial charge in [0.1, 0.15) is 11.9 Å². The molecule has 0 amide bonds. The van der Waals surface area contributed by atoms with Crippen LogP contribution in [0.1, 0.15) is 58.1 Å². The number of nitrogens with zero attached hydrogens (tertiary/aromatic N) is 3. The highest BCUT2D eigenvalue weighted by molar-refractivity contribution is 9.10. The van der Waals surface area contributed by atoms with Crippen molar-refractivity contribution >= 4 is 44.5 Å². The van der Waals surface area contributed by atoms with Crippen LogP contribution in [0.2, 0.25) is 0 Å². The molecular weight excluding hydrogens is 448 g/mol. The van der Waals surface area contributed by atoms with Crippen molar-refractivity contribution in [2.24, 2.45) is 0 Å². The molecule has 2 aromatic heterocycles. The molecule has 2 aromatic rings. The first kappa shape index (κ1) is 21.0. The fourth-order valence-electron chi connectivity index (χ4n) is 4.68. The number of fused-ring (bicyclic) bond motifs is 1. The largest absolute Gasteiger partial charge is 0.444 e. The van der Waals surface area contributed by atoms with Gasteiger partial charge in [-0.2, -0.15) is 17.0 Å². The normalized spacial score (nSPS) is 24.1. The van der Waals surface area contributed by atoms with Gasteiger partial charge < -0.3 is 14.6 Å². The van der Waals surface area contributed by atoms with Crippen LogP contribution >= 0.6 is 27.7 Å². The van der Waals surface area contributed by atoms with Gasteiger partial charge in [0.25, 0.3) is 0 Å². The van der Waals surface area contributed by atoms with Gasteiger partial charge >= 0.3 is 0 Å². The van der Waals surface area contributed by atoms with Crippen molar-refractivity contribution in [1.82, 2.24) is 9.88 Å². The molecule has 5 nitrogen and oxygen atoms in total. The summed E-state index contributed by atoms with van der Waals surface area (Å²) in [5.41, 5.74) is 0.640. The van der Waals surface area contributed by atoms with E-state index in [0.29, 0.717) is 17.4 Å². The van der Waals surface area contributed by atoms with Crippen LogP contribution in [0.5, 0.6) is 0 Å². The molecule has 1 aliphatic heterocycles. The molecular formula is C22H29BrN4OS. The first-order valence-electron chi connectivity index (χ1n) is 10.7. The molecule has 0 bridgehead atoms. The predicted octanol–water partition coefficient (Wildman–Crippen LogP) is 5.79. The lowest BCUT2D eigenvalue weighted by molar-refractivity contribution is 0.129. The van der Waals surface area contributed by atoms with E-state index < -0.39 is 0 Å². The molecule has 1 saturated carbocycles. The highest BCUT2D eigenvalue weighted by atomic mass is 79.9. The molecule has 29 heavy (non-hydrogen) atoms. The second-order valence-electron chi connectivity index (χ2n) is 8.49. The summed E-state index contributed by atoms with van der Waals surface area (Å²) in [5, 5.41) is 15.2. The average molecular weight is 477 g/mol. The van der Waals surface area contributed by atoms with Crippen LogP contribution < -0.4 is 5.32 Å². The molecule has 1 saturated heterocycles. The molecule has 3 heterocycles. The maximum Gasteiger partial charge on any atom is 0.204 e. The Morgan fingerprint density at radius 2 is 1.97 bits per heavy atom. The van der Waals surface area contributed by atoms with Crippen molar-refractivity contribution in [3.8, 4) is 6.07 Å². The van der Waals surface area contributed by atoms with Gasteiger partial charge in [0.05, 0.1) is 10.7 Å². The van der Waals surface area contributed by atoms with Crippen LogP contribution in [0.25, 0.3) is 11.0 Å². The third-order valence-electron chi connectivity index (χ3n) is 6.12. The third-order valence-corrected chi connectivity index (χ3v) is 8.32. The predicted molar refractivity (Wildman–Crippen MR) is 123 cm³/mol. The number of hydrogen-bond acceptors (Lipinski definition) is 6. The smallest absolute Gasteiger partial charge is 0.204 e. The summed E-state index contributed by atoms with van der Waals surface area (Å²) >= 11 is 5.80. The Bertz CT molecular complexity index is 877. The molecule has 0 atom stereocenters. The summed E-state index contributed by atoms with van der Waals surface area (Å²) in [6.07, 6.45) is 9.24. The number of hydrogen-bond donors (Lipinski definition) is 1. The number of thioether (sulfide) groups is 1. The molecule has 7 heteroatoms. The second kappa shape index (κ2) is 9.28. The van der Waals surface area contributed by atoms with E-state index in [9.17, 15) is 0 Å². The Morgan fingerprint density at radius 3 is 2.62 bits per heavy atom. The first-order valence-corrected chi connectivity index (χ1v) is 12.4. The van der Waals surface area contributed by atoms with Gasteiger partial charge in [0, 0.05) is 28.8 Å². The van der Waals surface area contributed by atoms with Gasteiger partial charge in [-0.25, -0.2) is 4.98 Å². The number of furan rings is 1. The van der Waals surface area contributed by atoms with Crippen molar-refractivity contribution in [3.05, 3.63) is 22.5 Å². The summed E-state index contributed by atoms with van der Waals surface area (Å²) in [5.74, 6) is 1.16. The minimum atomic E-state index is 0.315. The Kier molecular flexibility index (Phi) is 6.73. The number of nitriles is 1.